The molecule has 0 amide bonds. The predicted octanol–water partition coefficient (Wildman–Crippen LogP) is 4.12. The van der Waals surface area contributed by atoms with Gasteiger partial charge in [0.05, 0.1) is 8.41 Å². The van der Waals surface area contributed by atoms with Gasteiger partial charge in [-0.25, -0.2) is 0 Å². The highest BCUT2D eigenvalue weighted by atomic mass is 14.1. The van der Waals surface area contributed by atoms with Gasteiger partial charge in [-0.05, 0) is 44.5 Å². The quantitative estimate of drug-likeness (QED) is 0.287. The van der Waals surface area contributed by atoms with E-state index < -0.39 is 0 Å². The van der Waals surface area contributed by atoms with Gasteiger partial charge in [0, 0.05) is 0 Å². The topological polar surface area (TPSA) is 35.0 Å². The van der Waals surface area contributed by atoms with E-state index in [1.54, 1.807) is 0 Å². The minimum atomic E-state index is 0. The first kappa shape index (κ1) is 14.1. The van der Waals surface area contributed by atoms with Crippen LogP contribution in [0.3, 0.4) is 0 Å². The monoisotopic (exact) mass is 259 g/mol. The molecule has 1 nitrogen and oxygen atoms in total. The summed E-state index contributed by atoms with van der Waals surface area (Å²) in [6.07, 6.45) is 0. The standard InChI is InChI=1S/C18H12.BH3.H3N/c1-2-7-15-12-18-16(11-14(15)6-1)10-9-13-5-3-4-8-17(13)18;;/h1-12H;2*1H3. The molecule has 0 aromatic heterocycles. The normalized spacial score (nSPS) is 10.2. The number of hydrogen-bond acceptors (Lipinski definition) is 1. The summed E-state index contributed by atoms with van der Waals surface area (Å²) in [5.74, 6) is 0. The minimum Gasteiger partial charge on any atom is -0.344 e. The van der Waals surface area contributed by atoms with Crippen molar-refractivity contribution < 1.29 is 0 Å². The lowest BCUT2D eigenvalue weighted by Gasteiger charge is -2.06. The lowest BCUT2D eigenvalue weighted by Crippen LogP contribution is -1.79. The van der Waals surface area contributed by atoms with Gasteiger partial charge >= 0.3 is 0 Å². The summed E-state index contributed by atoms with van der Waals surface area (Å²) < 4.78 is 0. The Morgan fingerprint density at radius 2 is 1.00 bits per heavy atom. The average molecular weight is 259 g/mol. The molecule has 4 aromatic carbocycles. The van der Waals surface area contributed by atoms with Crippen molar-refractivity contribution in [2.45, 2.75) is 0 Å². The summed E-state index contributed by atoms with van der Waals surface area (Å²) in [5, 5.41) is 7.90. The van der Waals surface area contributed by atoms with Crippen LogP contribution >= 0.6 is 0 Å². The van der Waals surface area contributed by atoms with Gasteiger partial charge in [-0.1, -0.05) is 60.7 Å². The SMILES string of the molecule is B.N.c1ccc2cc3c(ccc4ccccc43)cc2c1. The number of hydrogen-bond donors (Lipinski definition) is 1. The van der Waals surface area contributed by atoms with Gasteiger partial charge in [0.15, 0.2) is 0 Å². The van der Waals surface area contributed by atoms with Crippen LogP contribution in [0.1, 0.15) is 0 Å². The van der Waals surface area contributed by atoms with Crippen molar-refractivity contribution >= 4 is 40.7 Å². The average Bonchev–Trinajstić information content (AvgIpc) is 2.45. The molecule has 0 aliphatic rings. The maximum absolute atomic E-state index is 2.30. The summed E-state index contributed by atoms with van der Waals surface area (Å²) >= 11 is 0. The van der Waals surface area contributed by atoms with Crippen molar-refractivity contribution in [1.29, 1.82) is 0 Å². The summed E-state index contributed by atoms with van der Waals surface area (Å²) in [7, 11) is 0. The zero-order valence-electron chi connectivity index (χ0n) is 10.6. The lowest BCUT2D eigenvalue weighted by molar-refractivity contribution is 1.77. The van der Waals surface area contributed by atoms with Crippen molar-refractivity contribution in [1.82, 2.24) is 6.15 Å². The van der Waals surface area contributed by atoms with Crippen LogP contribution in [0.15, 0.2) is 72.8 Å². The Labute approximate surface area is 120 Å². The molecular formula is C18H18BN. The molecule has 0 spiro atoms. The summed E-state index contributed by atoms with van der Waals surface area (Å²) in [6, 6.07) is 26.1. The first-order valence-corrected chi connectivity index (χ1v) is 6.22. The van der Waals surface area contributed by atoms with Gasteiger partial charge in [0.1, 0.15) is 0 Å². The van der Waals surface area contributed by atoms with Crippen LogP contribution in [-0.4, -0.2) is 8.41 Å². The second kappa shape index (κ2) is 5.36. The Hall–Kier alpha value is -2.32. The van der Waals surface area contributed by atoms with E-state index >= 15 is 0 Å². The van der Waals surface area contributed by atoms with Crippen molar-refractivity contribution in [2.75, 3.05) is 0 Å². The molecule has 0 saturated heterocycles. The van der Waals surface area contributed by atoms with E-state index in [-0.39, 0.29) is 14.6 Å². The van der Waals surface area contributed by atoms with E-state index in [4.69, 9.17) is 0 Å². The molecule has 2 heteroatoms. The molecule has 4 aromatic rings. The van der Waals surface area contributed by atoms with Crippen molar-refractivity contribution in [3.05, 3.63) is 72.8 Å². The summed E-state index contributed by atoms with van der Waals surface area (Å²) in [4.78, 5) is 0. The molecular weight excluding hydrogens is 241 g/mol. The molecule has 98 valence electrons. The Morgan fingerprint density at radius 1 is 0.450 bits per heavy atom. The highest BCUT2D eigenvalue weighted by Crippen LogP contribution is 2.29. The third-order valence-electron chi connectivity index (χ3n) is 3.61. The maximum atomic E-state index is 2.30. The Morgan fingerprint density at radius 3 is 1.75 bits per heavy atom. The molecule has 0 atom stereocenters. The highest BCUT2D eigenvalue weighted by molar-refractivity contribution is 6.11. The molecule has 0 aliphatic heterocycles. The fourth-order valence-electron chi connectivity index (χ4n) is 2.70. The van der Waals surface area contributed by atoms with Crippen LogP contribution in [0.25, 0.3) is 32.3 Å². The van der Waals surface area contributed by atoms with Crippen LogP contribution in [0.2, 0.25) is 0 Å². The molecule has 0 heterocycles. The second-order valence-electron chi connectivity index (χ2n) is 4.71. The van der Waals surface area contributed by atoms with Crippen LogP contribution in [0.4, 0.5) is 0 Å². The van der Waals surface area contributed by atoms with Gasteiger partial charge in [0.2, 0.25) is 0 Å². The lowest BCUT2D eigenvalue weighted by atomic mass is 9.98. The van der Waals surface area contributed by atoms with Gasteiger partial charge in [-0.15, -0.1) is 0 Å². The van der Waals surface area contributed by atoms with E-state index in [1.165, 1.54) is 32.3 Å². The minimum absolute atomic E-state index is 0. The molecule has 0 saturated carbocycles. The van der Waals surface area contributed by atoms with Crippen LogP contribution in [0, 0.1) is 0 Å². The number of fused-ring (bicyclic) bond motifs is 4. The summed E-state index contributed by atoms with van der Waals surface area (Å²) in [5.41, 5.74) is 0. The highest BCUT2D eigenvalue weighted by Gasteiger charge is 2.01. The maximum Gasteiger partial charge on any atom is 0.0814 e. The van der Waals surface area contributed by atoms with Gasteiger partial charge in [-0.2, -0.15) is 0 Å². The van der Waals surface area contributed by atoms with E-state index in [2.05, 4.69) is 72.8 Å². The molecule has 20 heavy (non-hydrogen) atoms. The van der Waals surface area contributed by atoms with E-state index in [0.717, 1.165) is 0 Å². The number of rotatable bonds is 0. The van der Waals surface area contributed by atoms with E-state index in [1.807, 2.05) is 0 Å². The second-order valence-corrected chi connectivity index (χ2v) is 4.71. The van der Waals surface area contributed by atoms with Crippen LogP contribution in [0.5, 0.6) is 0 Å². The first-order valence-electron chi connectivity index (χ1n) is 6.22. The Bertz CT molecular complexity index is 878. The van der Waals surface area contributed by atoms with Gasteiger partial charge in [-0.3, -0.25) is 0 Å². The summed E-state index contributed by atoms with van der Waals surface area (Å²) in [6.45, 7) is 0. The Kier molecular flexibility index (Phi) is 3.78. The third kappa shape index (κ3) is 2.04. The van der Waals surface area contributed by atoms with Crippen molar-refractivity contribution in [2.24, 2.45) is 0 Å². The molecule has 0 bridgehead atoms. The molecule has 0 radical (unpaired) electrons. The van der Waals surface area contributed by atoms with Crippen LogP contribution < -0.4 is 6.15 Å². The fourth-order valence-corrected chi connectivity index (χ4v) is 2.70. The third-order valence-corrected chi connectivity index (χ3v) is 3.61. The zero-order valence-corrected chi connectivity index (χ0v) is 10.6. The largest absolute Gasteiger partial charge is 0.344 e. The molecule has 4 rings (SSSR count). The number of benzene rings is 4. The van der Waals surface area contributed by atoms with Crippen molar-refractivity contribution in [3.63, 3.8) is 0 Å². The predicted molar refractivity (Wildman–Crippen MR) is 93.9 cm³/mol. The van der Waals surface area contributed by atoms with Gasteiger partial charge < -0.3 is 6.15 Å². The molecule has 0 unspecified atom stereocenters. The molecule has 0 fully saturated rings. The molecule has 3 N–H and O–H groups in total. The van der Waals surface area contributed by atoms with Gasteiger partial charge in [0.25, 0.3) is 0 Å². The zero-order chi connectivity index (χ0) is 11.9. The smallest absolute Gasteiger partial charge is 0.0814 e. The fraction of sp³-hybridized carbons (Fsp3) is 0. The van der Waals surface area contributed by atoms with E-state index in [0.29, 0.717) is 0 Å². The van der Waals surface area contributed by atoms with Crippen LogP contribution in [-0.2, 0) is 0 Å². The van der Waals surface area contributed by atoms with E-state index in [9.17, 15) is 0 Å². The first-order chi connectivity index (χ1) is 8.92. The molecule has 0 aliphatic carbocycles. The Balaban J connectivity index is 0.000000735. The van der Waals surface area contributed by atoms with Crippen molar-refractivity contribution in [3.8, 4) is 0 Å².